The Morgan fingerprint density at radius 3 is 2.13 bits per heavy atom. The van der Waals surface area contributed by atoms with Gasteiger partial charge in [0.15, 0.2) is 0 Å². The van der Waals surface area contributed by atoms with Crippen LogP contribution < -0.4 is 5.32 Å². The number of hydrogen-bond donors (Lipinski definition) is 2. The van der Waals surface area contributed by atoms with Gasteiger partial charge in [0.1, 0.15) is 0 Å². The third-order valence-corrected chi connectivity index (χ3v) is 6.64. The Morgan fingerprint density at radius 2 is 1.50 bits per heavy atom. The van der Waals surface area contributed by atoms with Gasteiger partial charge < -0.3 is 15.3 Å². The molecule has 10 nitrogen and oxygen atoms in total. The monoisotopic (exact) mass is 517 g/mol. The molecule has 2 saturated heterocycles. The van der Waals surface area contributed by atoms with E-state index in [9.17, 15) is 9.59 Å². The molecule has 3 aromatic rings. The Hall–Kier alpha value is -3.89. The highest BCUT2D eigenvalue weighted by molar-refractivity contribution is 6.04. The Labute approximate surface area is 223 Å². The van der Waals surface area contributed by atoms with E-state index in [4.69, 9.17) is 5.11 Å². The molecular weight excluding hydrogens is 482 g/mol. The second-order valence-corrected chi connectivity index (χ2v) is 9.47. The number of benzene rings is 1. The van der Waals surface area contributed by atoms with E-state index in [2.05, 4.69) is 30.1 Å². The predicted molar refractivity (Wildman–Crippen MR) is 145 cm³/mol. The number of rotatable bonds is 6. The second kappa shape index (κ2) is 14.2. The van der Waals surface area contributed by atoms with Crippen LogP contribution in [0.25, 0.3) is 0 Å². The van der Waals surface area contributed by atoms with E-state index in [1.165, 1.54) is 42.8 Å². The lowest BCUT2D eigenvalue weighted by Gasteiger charge is -2.32. The summed E-state index contributed by atoms with van der Waals surface area (Å²) in [5.41, 5.74) is 3.57. The summed E-state index contributed by atoms with van der Waals surface area (Å²) in [6.45, 7) is 6.72. The van der Waals surface area contributed by atoms with Crippen LogP contribution in [0, 0.1) is 0 Å². The molecule has 0 bridgehead atoms. The molecule has 200 valence electrons. The first-order chi connectivity index (χ1) is 18.6. The maximum Gasteiger partial charge on any atom is 0.407 e. The van der Waals surface area contributed by atoms with Crippen molar-refractivity contribution in [2.45, 2.75) is 32.4 Å². The average molecular weight is 518 g/mol. The molecule has 0 aliphatic carbocycles. The molecule has 4 heterocycles. The Morgan fingerprint density at radius 1 is 0.789 bits per heavy atom. The smallest absolute Gasteiger partial charge is 0.407 e. The number of pyridine rings is 1. The van der Waals surface area contributed by atoms with Gasteiger partial charge in [0.2, 0.25) is 0 Å². The van der Waals surface area contributed by atoms with Gasteiger partial charge in [0, 0.05) is 69.6 Å². The minimum absolute atomic E-state index is 0.0995. The third-order valence-electron chi connectivity index (χ3n) is 6.64. The summed E-state index contributed by atoms with van der Waals surface area (Å²) in [5.74, 6) is -0.0995. The van der Waals surface area contributed by atoms with Crippen LogP contribution in [-0.4, -0.2) is 86.0 Å². The van der Waals surface area contributed by atoms with Gasteiger partial charge in [-0.3, -0.25) is 29.5 Å². The number of likely N-dealkylation sites (tertiary alicyclic amines) is 1. The zero-order valence-corrected chi connectivity index (χ0v) is 21.6. The van der Waals surface area contributed by atoms with Crippen molar-refractivity contribution in [3.8, 4) is 0 Å². The molecule has 0 atom stereocenters. The van der Waals surface area contributed by atoms with Crippen molar-refractivity contribution in [1.82, 2.24) is 29.7 Å². The van der Waals surface area contributed by atoms with Crippen molar-refractivity contribution in [2.75, 3.05) is 44.6 Å². The van der Waals surface area contributed by atoms with E-state index < -0.39 is 6.09 Å². The average Bonchev–Trinajstić information content (AvgIpc) is 2.96. The molecule has 2 aliphatic heterocycles. The van der Waals surface area contributed by atoms with Crippen molar-refractivity contribution in [3.63, 3.8) is 0 Å². The van der Waals surface area contributed by atoms with Gasteiger partial charge in [0.25, 0.3) is 5.91 Å². The number of hydrogen-bond acceptors (Lipinski definition) is 7. The predicted octanol–water partition coefficient (Wildman–Crippen LogP) is 3.59. The van der Waals surface area contributed by atoms with Crippen molar-refractivity contribution in [1.29, 1.82) is 0 Å². The number of carbonyl (C=O) groups excluding carboxylic acids is 1. The molecule has 2 aliphatic rings. The molecular formula is C28H35N7O3. The van der Waals surface area contributed by atoms with E-state index in [0.717, 1.165) is 31.9 Å². The standard InChI is InChI=1S/C18H21N3O.C10H14N4O2/c22-18(20-17-5-4-10-19-13-17)16-8-6-15(7-9-16)14-21-11-2-1-3-12-21;15-10(16)14-5-3-13(4-6-14)8-9-7-11-1-2-12-9/h4-10,13H,1-3,11-12,14H2,(H,20,22);1-2,7H,3-6,8H2,(H,15,16). The first-order valence-corrected chi connectivity index (χ1v) is 13.0. The minimum Gasteiger partial charge on any atom is -0.465 e. The zero-order chi connectivity index (χ0) is 26.6. The van der Waals surface area contributed by atoms with Crippen LogP contribution in [0.15, 0.2) is 67.4 Å². The van der Waals surface area contributed by atoms with Gasteiger partial charge >= 0.3 is 6.09 Å². The molecule has 2 amide bonds. The van der Waals surface area contributed by atoms with Crippen LogP contribution in [-0.2, 0) is 13.1 Å². The van der Waals surface area contributed by atoms with Crippen LogP contribution in [0.2, 0.25) is 0 Å². The molecule has 1 aromatic carbocycles. The van der Waals surface area contributed by atoms with Crippen LogP contribution in [0.1, 0.15) is 40.9 Å². The molecule has 5 rings (SSSR count). The topological polar surface area (TPSA) is 115 Å². The van der Waals surface area contributed by atoms with E-state index >= 15 is 0 Å². The van der Waals surface area contributed by atoms with Crippen LogP contribution in [0.4, 0.5) is 10.5 Å². The summed E-state index contributed by atoms with van der Waals surface area (Å²) < 4.78 is 0. The SMILES string of the molecule is O=C(Nc1cccnc1)c1ccc(CN2CCCCC2)cc1.O=C(O)N1CCN(Cc2cnccn2)CC1. The number of carbonyl (C=O) groups is 2. The molecule has 2 fully saturated rings. The molecule has 10 heteroatoms. The highest BCUT2D eigenvalue weighted by Gasteiger charge is 2.20. The fraction of sp³-hybridized carbons (Fsp3) is 0.393. The Bertz CT molecular complexity index is 1130. The van der Waals surface area contributed by atoms with E-state index in [1.807, 2.05) is 30.3 Å². The van der Waals surface area contributed by atoms with Gasteiger partial charge in [-0.25, -0.2) is 4.79 Å². The van der Waals surface area contributed by atoms with Crippen LogP contribution >= 0.6 is 0 Å². The van der Waals surface area contributed by atoms with Gasteiger partial charge in [-0.2, -0.15) is 0 Å². The number of carboxylic acid groups (broad SMARTS) is 1. The highest BCUT2D eigenvalue weighted by Crippen LogP contribution is 2.14. The number of amides is 2. The van der Waals surface area contributed by atoms with Crippen molar-refractivity contribution < 1.29 is 14.7 Å². The number of aromatic nitrogens is 3. The molecule has 2 N–H and O–H groups in total. The third kappa shape index (κ3) is 8.60. The quantitative estimate of drug-likeness (QED) is 0.510. The number of piperazine rings is 1. The summed E-state index contributed by atoms with van der Waals surface area (Å²) >= 11 is 0. The molecule has 38 heavy (non-hydrogen) atoms. The Balaban J connectivity index is 0.000000186. The lowest BCUT2D eigenvalue weighted by atomic mass is 10.1. The maximum absolute atomic E-state index is 12.2. The normalized spacial score (nSPS) is 16.3. The van der Waals surface area contributed by atoms with Gasteiger partial charge in [-0.15, -0.1) is 0 Å². The largest absolute Gasteiger partial charge is 0.465 e. The molecule has 0 radical (unpaired) electrons. The Kier molecular flexibility index (Phi) is 10.1. The van der Waals surface area contributed by atoms with Crippen LogP contribution in [0.3, 0.4) is 0 Å². The van der Waals surface area contributed by atoms with E-state index in [0.29, 0.717) is 24.3 Å². The molecule has 0 spiro atoms. The molecule has 0 unspecified atom stereocenters. The minimum atomic E-state index is -0.834. The lowest BCUT2D eigenvalue weighted by Crippen LogP contribution is -2.47. The summed E-state index contributed by atoms with van der Waals surface area (Å²) in [7, 11) is 0. The number of nitrogens with one attached hydrogen (secondary N) is 1. The number of piperidine rings is 1. The second-order valence-electron chi connectivity index (χ2n) is 9.47. The summed E-state index contributed by atoms with van der Waals surface area (Å²) in [4.78, 5) is 41.2. The van der Waals surface area contributed by atoms with Crippen molar-refractivity contribution >= 4 is 17.7 Å². The number of nitrogens with zero attached hydrogens (tertiary/aromatic N) is 6. The van der Waals surface area contributed by atoms with Gasteiger partial charge in [-0.1, -0.05) is 18.6 Å². The van der Waals surface area contributed by atoms with Crippen molar-refractivity contribution in [3.05, 3.63) is 84.2 Å². The van der Waals surface area contributed by atoms with Gasteiger partial charge in [0.05, 0.1) is 17.6 Å². The lowest BCUT2D eigenvalue weighted by molar-refractivity contribution is 0.101. The van der Waals surface area contributed by atoms with Crippen molar-refractivity contribution in [2.24, 2.45) is 0 Å². The van der Waals surface area contributed by atoms with E-state index in [1.54, 1.807) is 37.1 Å². The highest BCUT2D eigenvalue weighted by atomic mass is 16.4. The fourth-order valence-electron chi connectivity index (χ4n) is 4.52. The summed E-state index contributed by atoms with van der Waals surface area (Å²) in [6.07, 6.45) is 11.5. The van der Waals surface area contributed by atoms with E-state index in [-0.39, 0.29) is 5.91 Å². The maximum atomic E-state index is 12.2. The van der Waals surface area contributed by atoms with Gasteiger partial charge in [-0.05, 0) is 55.8 Å². The first-order valence-electron chi connectivity index (χ1n) is 13.0. The molecule has 2 aromatic heterocycles. The first kappa shape index (κ1) is 27.2. The summed E-state index contributed by atoms with van der Waals surface area (Å²) in [6, 6.07) is 11.5. The van der Waals surface area contributed by atoms with Crippen LogP contribution in [0.5, 0.6) is 0 Å². The number of anilines is 1. The zero-order valence-electron chi connectivity index (χ0n) is 21.6. The molecule has 0 saturated carbocycles. The summed E-state index contributed by atoms with van der Waals surface area (Å²) in [5, 5.41) is 11.6. The fourth-order valence-corrected chi connectivity index (χ4v) is 4.52.